The van der Waals surface area contributed by atoms with Gasteiger partial charge in [-0.15, -0.1) is 0 Å². The number of nitrogens with one attached hydrogen (secondary N) is 1. The lowest BCUT2D eigenvalue weighted by Gasteiger charge is -2.24. The maximum Gasteiger partial charge on any atom is 0.416 e. The minimum atomic E-state index is -4.55. The molecular weight excluding hydrogens is 485 g/mol. The van der Waals surface area contributed by atoms with E-state index in [0.717, 1.165) is 30.7 Å². The van der Waals surface area contributed by atoms with Gasteiger partial charge in [-0.2, -0.15) is 13.2 Å². The number of aromatic nitrogens is 2. The Balaban J connectivity index is 1.69. The molecule has 0 saturated carbocycles. The molecule has 2 heterocycles. The lowest BCUT2D eigenvalue weighted by molar-refractivity contribution is -0.137. The number of alkyl halides is 3. The molecule has 196 valence electrons. The van der Waals surface area contributed by atoms with E-state index < -0.39 is 17.6 Å². The zero-order valence-electron chi connectivity index (χ0n) is 20.9. The molecule has 0 saturated heterocycles. The number of anilines is 3. The van der Waals surface area contributed by atoms with Crippen molar-refractivity contribution in [2.75, 3.05) is 56.8 Å². The van der Waals surface area contributed by atoms with Gasteiger partial charge in [0.15, 0.2) is 0 Å². The van der Waals surface area contributed by atoms with Gasteiger partial charge < -0.3 is 25.6 Å². The molecule has 8 nitrogen and oxygen atoms in total. The molecule has 0 aliphatic carbocycles. The number of halogens is 3. The molecule has 1 aliphatic rings. The lowest BCUT2D eigenvalue weighted by atomic mass is 9.99. The van der Waals surface area contributed by atoms with Gasteiger partial charge in [0.2, 0.25) is 5.95 Å². The number of carbonyl (C=O) groups excluding carboxylic acids is 1. The Labute approximate surface area is 213 Å². The van der Waals surface area contributed by atoms with Gasteiger partial charge in [-0.25, -0.2) is 9.97 Å². The largest absolute Gasteiger partial charge is 0.492 e. The molecule has 11 heteroatoms. The lowest BCUT2D eigenvalue weighted by Crippen LogP contribution is -2.25. The van der Waals surface area contributed by atoms with Crippen LogP contribution in [0.1, 0.15) is 27.9 Å². The highest BCUT2D eigenvalue weighted by Gasteiger charge is 2.32. The normalized spacial score (nSPS) is 12.8. The Morgan fingerprint density at radius 1 is 1.08 bits per heavy atom. The SMILES string of the molecule is CN(C)CCCN(C)c1ccc(C(F)(F)F)cc1NC(=O)c1cc(-c2cnc(N)nc2)cc2c1OCC2. The Hall–Kier alpha value is -3.86. The number of amides is 1. The fourth-order valence-corrected chi connectivity index (χ4v) is 4.21. The third kappa shape index (κ3) is 6.11. The second-order valence-corrected chi connectivity index (χ2v) is 9.20. The molecule has 1 amide bonds. The molecule has 1 aliphatic heterocycles. The number of carbonyl (C=O) groups is 1. The van der Waals surface area contributed by atoms with Gasteiger partial charge in [0.05, 0.1) is 29.1 Å². The van der Waals surface area contributed by atoms with E-state index in [2.05, 4.69) is 15.3 Å². The maximum atomic E-state index is 13.5. The van der Waals surface area contributed by atoms with Gasteiger partial charge in [0, 0.05) is 38.0 Å². The summed E-state index contributed by atoms with van der Waals surface area (Å²) >= 11 is 0. The van der Waals surface area contributed by atoms with Crippen molar-refractivity contribution in [3.05, 3.63) is 59.4 Å². The smallest absolute Gasteiger partial charge is 0.416 e. The quantitative estimate of drug-likeness (QED) is 0.462. The predicted octanol–water partition coefficient (Wildman–Crippen LogP) is 4.32. The molecule has 0 bridgehead atoms. The number of ether oxygens (including phenoxy) is 1. The highest BCUT2D eigenvalue weighted by atomic mass is 19.4. The summed E-state index contributed by atoms with van der Waals surface area (Å²) in [6.07, 6.45) is -0.0566. The molecule has 0 atom stereocenters. The van der Waals surface area contributed by atoms with Gasteiger partial charge >= 0.3 is 6.18 Å². The predicted molar refractivity (Wildman–Crippen MR) is 137 cm³/mol. The number of rotatable bonds is 8. The third-order valence-corrected chi connectivity index (χ3v) is 6.12. The summed E-state index contributed by atoms with van der Waals surface area (Å²) in [5, 5.41) is 2.71. The molecule has 0 fully saturated rings. The van der Waals surface area contributed by atoms with E-state index in [1.807, 2.05) is 30.0 Å². The molecule has 2 aromatic carbocycles. The summed E-state index contributed by atoms with van der Waals surface area (Å²) in [5.74, 6) is -0.0258. The fraction of sp³-hybridized carbons (Fsp3) is 0.346. The van der Waals surface area contributed by atoms with Gasteiger partial charge in [-0.05, 0) is 68.5 Å². The van der Waals surface area contributed by atoms with Gasteiger partial charge in [0.25, 0.3) is 5.91 Å². The summed E-state index contributed by atoms with van der Waals surface area (Å²) in [6, 6.07) is 6.90. The van der Waals surface area contributed by atoms with Crippen molar-refractivity contribution < 1.29 is 22.7 Å². The first-order valence-electron chi connectivity index (χ1n) is 11.8. The summed E-state index contributed by atoms with van der Waals surface area (Å²) in [6.45, 7) is 1.82. The van der Waals surface area contributed by atoms with Crippen molar-refractivity contribution in [3.63, 3.8) is 0 Å². The van der Waals surface area contributed by atoms with Crippen LogP contribution in [0.25, 0.3) is 11.1 Å². The van der Waals surface area contributed by atoms with E-state index in [1.54, 1.807) is 25.5 Å². The first-order valence-corrected chi connectivity index (χ1v) is 11.8. The van der Waals surface area contributed by atoms with E-state index in [-0.39, 0.29) is 17.2 Å². The van der Waals surface area contributed by atoms with Gasteiger partial charge in [-0.1, -0.05) is 0 Å². The van der Waals surface area contributed by atoms with Crippen LogP contribution in [0.15, 0.2) is 42.7 Å². The highest BCUT2D eigenvalue weighted by molar-refractivity contribution is 6.09. The monoisotopic (exact) mass is 514 g/mol. The Kier molecular flexibility index (Phi) is 7.53. The number of nitrogen functional groups attached to an aromatic ring is 1. The highest BCUT2D eigenvalue weighted by Crippen LogP contribution is 2.38. The molecule has 1 aromatic heterocycles. The Bertz CT molecular complexity index is 1280. The van der Waals surface area contributed by atoms with Crippen molar-refractivity contribution in [2.45, 2.75) is 19.0 Å². The number of nitrogens with two attached hydrogens (primary N) is 1. The first-order chi connectivity index (χ1) is 17.5. The fourth-order valence-electron chi connectivity index (χ4n) is 4.21. The van der Waals surface area contributed by atoms with Crippen molar-refractivity contribution in [3.8, 4) is 16.9 Å². The number of hydrogen-bond donors (Lipinski definition) is 2. The number of benzene rings is 2. The number of hydrogen-bond acceptors (Lipinski definition) is 7. The number of fused-ring (bicyclic) bond motifs is 1. The average Bonchev–Trinajstić information content (AvgIpc) is 3.31. The first kappa shape index (κ1) is 26.2. The van der Waals surface area contributed by atoms with Crippen molar-refractivity contribution in [2.24, 2.45) is 0 Å². The Morgan fingerprint density at radius 3 is 2.49 bits per heavy atom. The molecule has 0 spiro atoms. The van der Waals surface area contributed by atoms with Crippen molar-refractivity contribution in [1.82, 2.24) is 14.9 Å². The van der Waals surface area contributed by atoms with E-state index in [4.69, 9.17) is 10.5 Å². The van der Waals surface area contributed by atoms with E-state index in [0.29, 0.717) is 42.1 Å². The van der Waals surface area contributed by atoms with Crippen LogP contribution < -0.4 is 20.7 Å². The zero-order valence-corrected chi connectivity index (χ0v) is 20.9. The minimum Gasteiger partial charge on any atom is -0.492 e. The van der Waals surface area contributed by atoms with Crippen LogP contribution in [0.3, 0.4) is 0 Å². The molecule has 3 N–H and O–H groups in total. The van der Waals surface area contributed by atoms with Crippen molar-refractivity contribution in [1.29, 1.82) is 0 Å². The van der Waals surface area contributed by atoms with Gasteiger partial charge in [0.1, 0.15) is 5.75 Å². The van der Waals surface area contributed by atoms with Crippen LogP contribution >= 0.6 is 0 Å². The third-order valence-electron chi connectivity index (χ3n) is 6.12. The van der Waals surface area contributed by atoms with Crippen LogP contribution in [0, 0.1) is 0 Å². The molecule has 37 heavy (non-hydrogen) atoms. The summed E-state index contributed by atoms with van der Waals surface area (Å²) in [4.78, 5) is 25.4. The van der Waals surface area contributed by atoms with Gasteiger partial charge in [-0.3, -0.25) is 4.79 Å². The molecule has 0 radical (unpaired) electrons. The summed E-state index contributed by atoms with van der Waals surface area (Å²) in [5.41, 5.74) is 7.68. The molecule has 3 aromatic rings. The average molecular weight is 515 g/mol. The maximum absolute atomic E-state index is 13.5. The standard InChI is InChI=1S/C26H29F3N6O2/c1-34(2)8-4-9-35(3)22-6-5-19(26(27,28)29)13-21(22)33-24(36)20-12-17(11-16-7-10-37-23(16)20)18-14-31-25(30)32-15-18/h5-6,11-15H,4,7-10H2,1-3H3,(H,33,36)(H2,30,31,32). The molecule has 0 unspecified atom stereocenters. The Morgan fingerprint density at radius 2 is 1.81 bits per heavy atom. The molecular formula is C26H29F3N6O2. The zero-order chi connectivity index (χ0) is 26.7. The topological polar surface area (TPSA) is 96.6 Å². The van der Waals surface area contributed by atoms with Crippen LogP contribution in [0.5, 0.6) is 5.75 Å². The van der Waals surface area contributed by atoms with Crippen LogP contribution in [-0.4, -0.2) is 61.6 Å². The summed E-state index contributed by atoms with van der Waals surface area (Å²) < 4.78 is 46.3. The van der Waals surface area contributed by atoms with E-state index >= 15 is 0 Å². The second-order valence-electron chi connectivity index (χ2n) is 9.20. The van der Waals surface area contributed by atoms with Crippen LogP contribution in [-0.2, 0) is 12.6 Å². The van der Waals surface area contributed by atoms with E-state index in [9.17, 15) is 18.0 Å². The molecule has 4 rings (SSSR count). The van der Waals surface area contributed by atoms with Crippen LogP contribution in [0.2, 0.25) is 0 Å². The van der Waals surface area contributed by atoms with Crippen LogP contribution in [0.4, 0.5) is 30.5 Å². The van der Waals surface area contributed by atoms with Crippen molar-refractivity contribution >= 4 is 23.2 Å². The van der Waals surface area contributed by atoms with E-state index in [1.165, 1.54) is 6.07 Å². The minimum absolute atomic E-state index is 0.0696. The second kappa shape index (κ2) is 10.6. The number of nitrogens with zero attached hydrogens (tertiary/aromatic N) is 4. The summed E-state index contributed by atoms with van der Waals surface area (Å²) in [7, 11) is 5.69.